The van der Waals surface area contributed by atoms with Crippen molar-refractivity contribution in [1.29, 1.82) is 0 Å². The van der Waals surface area contributed by atoms with Gasteiger partial charge in [0, 0.05) is 11.8 Å². The number of benzene rings is 1. The van der Waals surface area contributed by atoms with Gasteiger partial charge in [0.1, 0.15) is 29.2 Å². The van der Waals surface area contributed by atoms with Gasteiger partial charge in [0.05, 0.1) is 7.11 Å². The van der Waals surface area contributed by atoms with Crippen LogP contribution < -0.4 is 4.74 Å². The van der Waals surface area contributed by atoms with Crippen molar-refractivity contribution in [3.8, 4) is 5.75 Å². The van der Waals surface area contributed by atoms with Crippen LogP contribution in [0.3, 0.4) is 0 Å². The van der Waals surface area contributed by atoms with Gasteiger partial charge in [-0.2, -0.15) is 0 Å². The van der Waals surface area contributed by atoms with Crippen molar-refractivity contribution in [2.75, 3.05) is 7.11 Å². The molecule has 0 aliphatic carbocycles. The van der Waals surface area contributed by atoms with Crippen LogP contribution >= 0.6 is 0 Å². The van der Waals surface area contributed by atoms with Crippen LogP contribution in [0, 0.1) is 11.6 Å². The molecule has 0 bridgehead atoms. The van der Waals surface area contributed by atoms with Crippen molar-refractivity contribution in [3.63, 3.8) is 0 Å². The quantitative estimate of drug-likeness (QED) is 0.911. The molecule has 1 unspecified atom stereocenters. The highest BCUT2D eigenvalue weighted by atomic mass is 19.1. The van der Waals surface area contributed by atoms with Crippen molar-refractivity contribution in [2.24, 2.45) is 0 Å². The van der Waals surface area contributed by atoms with Crippen molar-refractivity contribution in [3.05, 3.63) is 59.4 Å². The number of aliphatic hydroxyl groups excluding tert-OH is 1. The van der Waals surface area contributed by atoms with Crippen LogP contribution in [0.5, 0.6) is 5.75 Å². The van der Waals surface area contributed by atoms with Gasteiger partial charge in [-0.1, -0.05) is 0 Å². The summed E-state index contributed by atoms with van der Waals surface area (Å²) in [6, 6.07) is 6.25. The average Bonchev–Trinajstić information content (AvgIpc) is 2.38. The zero-order valence-electron chi connectivity index (χ0n) is 9.60. The van der Waals surface area contributed by atoms with Crippen LogP contribution in [0.1, 0.15) is 17.4 Å². The van der Waals surface area contributed by atoms with Gasteiger partial charge in [-0.3, -0.25) is 4.98 Å². The SMILES string of the molecule is COc1ccc(F)cc1C(O)c1ncccc1F. The molecule has 1 aromatic heterocycles. The fraction of sp³-hybridized carbons (Fsp3) is 0.154. The van der Waals surface area contributed by atoms with Gasteiger partial charge in [-0.15, -0.1) is 0 Å². The number of methoxy groups -OCH3 is 1. The lowest BCUT2D eigenvalue weighted by atomic mass is 10.0. The maximum absolute atomic E-state index is 13.5. The first-order valence-corrected chi connectivity index (χ1v) is 5.25. The Hall–Kier alpha value is -2.01. The fourth-order valence-corrected chi connectivity index (χ4v) is 1.67. The average molecular weight is 251 g/mol. The molecular formula is C13H11F2NO2. The highest BCUT2D eigenvalue weighted by Gasteiger charge is 2.20. The number of ether oxygens (including phenoxy) is 1. The predicted octanol–water partition coefficient (Wildman–Crippen LogP) is 2.45. The lowest BCUT2D eigenvalue weighted by molar-refractivity contribution is 0.203. The second-order valence-electron chi connectivity index (χ2n) is 3.66. The normalized spacial score (nSPS) is 12.2. The molecule has 2 aromatic rings. The highest BCUT2D eigenvalue weighted by molar-refractivity contribution is 5.39. The summed E-state index contributed by atoms with van der Waals surface area (Å²) in [4.78, 5) is 3.76. The topological polar surface area (TPSA) is 42.4 Å². The molecule has 0 saturated carbocycles. The minimum atomic E-state index is -1.38. The molecular weight excluding hydrogens is 240 g/mol. The summed E-state index contributed by atoms with van der Waals surface area (Å²) in [5, 5.41) is 10.1. The number of hydrogen-bond donors (Lipinski definition) is 1. The molecule has 18 heavy (non-hydrogen) atoms. The number of aromatic nitrogens is 1. The Bertz CT molecular complexity index is 560. The van der Waals surface area contributed by atoms with Crippen LogP contribution in [0.15, 0.2) is 36.5 Å². The smallest absolute Gasteiger partial charge is 0.147 e. The van der Waals surface area contributed by atoms with E-state index >= 15 is 0 Å². The zero-order valence-corrected chi connectivity index (χ0v) is 9.60. The van der Waals surface area contributed by atoms with Gasteiger partial charge in [-0.05, 0) is 30.3 Å². The van der Waals surface area contributed by atoms with Crippen molar-refractivity contribution < 1.29 is 18.6 Å². The lowest BCUT2D eigenvalue weighted by Crippen LogP contribution is -2.07. The van der Waals surface area contributed by atoms with E-state index in [2.05, 4.69) is 4.98 Å². The zero-order chi connectivity index (χ0) is 13.1. The first-order chi connectivity index (χ1) is 8.63. The number of pyridine rings is 1. The van der Waals surface area contributed by atoms with Crippen LogP contribution in [-0.4, -0.2) is 17.2 Å². The summed E-state index contributed by atoms with van der Waals surface area (Å²) in [6.07, 6.45) is -0.0233. The molecule has 3 nitrogen and oxygen atoms in total. The Balaban J connectivity index is 2.48. The van der Waals surface area contributed by atoms with E-state index in [1.54, 1.807) is 0 Å². The van der Waals surface area contributed by atoms with Gasteiger partial charge in [0.15, 0.2) is 0 Å². The molecule has 0 spiro atoms. The van der Waals surface area contributed by atoms with Gasteiger partial charge in [0.25, 0.3) is 0 Å². The first kappa shape index (κ1) is 12.4. The van der Waals surface area contributed by atoms with Crippen LogP contribution in [-0.2, 0) is 0 Å². The van der Waals surface area contributed by atoms with Gasteiger partial charge < -0.3 is 9.84 Å². The second-order valence-corrected chi connectivity index (χ2v) is 3.66. The lowest BCUT2D eigenvalue weighted by Gasteiger charge is -2.14. The highest BCUT2D eigenvalue weighted by Crippen LogP contribution is 2.30. The maximum Gasteiger partial charge on any atom is 0.147 e. The molecule has 0 radical (unpaired) electrons. The van der Waals surface area contributed by atoms with E-state index in [1.807, 2.05) is 0 Å². The maximum atomic E-state index is 13.5. The van der Waals surface area contributed by atoms with E-state index < -0.39 is 17.7 Å². The molecule has 1 heterocycles. The van der Waals surface area contributed by atoms with Crippen molar-refractivity contribution in [1.82, 2.24) is 4.98 Å². The standard InChI is InChI=1S/C13H11F2NO2/c1-18-11-5-4-8(14)7-9(11)13(17)12-10(15)3-2-6-16-12/h2-7,13,17H,1H3. The van der Waals surface area contributed by atoms with Crippen molar-refractivity contribution >= 4 is 0 Å². The Labute approximate surface area is 103 Å². The third-order valence-electron chi connectivity index (χ3n) is 2.53. The monoisotopic (exact) mass is 251 g/mol. The summed E-state index contributed by atoms with van der Waals surface area (Å²) < 4.78 is 31.7. The fourth-order valence-electron chi connectivity index (χ4n) is 1.67. The minimum Gasteiger partial charge on any atom is -0.496 e. The van der Waals surface area contributed by atoms with E-state index in [0.717, 1.165) is 6.07 Å². The molecule has 1 atom stereocenters. The number of hydrogen-bond acceptors (Lipinski definition) is 3. The molecule has 1 aromatic carbocycles. The van der Waals surface area contributed by atoms with E-state index in [1.165, 1.54) is 37.6 Å². The minimum absolute atomic E-state index is 0.134. The second kappa shape index (κ2) is 5.10. The van der Waals surface area contributed by atoms with E-state index in [0.29, 0.717) is 0 Å². The van der Waals surface area contributed by atoms with Crippen molar-refractivity contribution in [2.45, 2.75) is 6.10 Å². The Kier molecular flexibility index (Phi) is 3.53. The summed E-state index contributed by atoms with van der Waals surface area (Å²) in [5.41, 5.74) is -0.0310. The van der Waals surface area contributed by atoms with Gasteiger partial charge in [-0.25, -0.2) is 8.78 Å². The molecule has 5 heteroatoms. The summed E-state index contributed by atoms with van der Waals surface area (Å²) >= 11 is 0. The number of nitrogens with zero attached hydrogens (tertiary/aromatic N) is 1. The third kappa shape index (κ3) is 2.31. The number of rotatable bonds is 3. The molecule has 0 aliphatic rings. The summed E-state index contributed by atoms with van der Waals surface area (Å²) in [7, 11) is 1.39. The largest absolute Gasteiger partial charge is 0.496 e. The molecule has 0 amide bonds. The summed E-state index contributed by atoms with van der Waals surface area (Å²) in [5.74, 6) is -0.925. The van der Waals surface area contributed by atoms with Crippen LogP contribution in [0.2, 0.25) is 0 Å². The predicted molar refractivity (Wildman–Crippen MR) is 61.2 cm³/mol. The molecule has 1 N–H and O–H groups in total. The molecule has 0 aliphatic heterocycles. The number of aliphatic hydroxyl groups is 1. The summed E-state index contributed by atoms with van der Waals surface area (Å²) in [6.45, 7) is 0. The first-order valence-electron chi connectivity index (χ1n) is 5.25. The molecule has 2 rings (SSSR count). The molecule has 94 valence electrons. The third-order valence-corrected chi connectivity index (χ3v) is 2.53. The van der Waals surface area contributed by atoms with E-state index in [-0.39, 0.29) is 17.0 Å². The van der Waals surface area contributed by atoms with E-state index in [9.17, 15) is 13.9 Å². The Morgan fingerprint density at radius 1 is 1.28 bits per heavy atom. The van der Waals surface area contributed by atoms with Gasteiger partial charge in [0.2, 0.25) is 0 Å². The Morgan fingerprint density at radius 2 is 2.06 bits per heavy atom. The Morgan fingerprint density at radius 3 is 2.72 bits per heavy atom. The molecule has 0 fully saturated rings. The van der Waals surface area contributed by atoms with Crippen LogP contribution in [0.25, 0.3) is 0 Å². The van der Waals surface area contributed by atoms with Gasteiger partial charge >= 0.3 is 0 Å². The van der Waals surface area contributed by atoms with E-state index in [4.69, 9.17) is 4.74 Å². The number of halogens is 2. The molecule has 0 saturated heterocycles. The van der Waals surface area contributed by atoms with Crippen LogP contribution in [0.4, 0.5) is 8.78 Å².